The predicted molar refractivity (Wildman–Crippen MR) is 134 cm³/mol. The van der Waals surface area contributed by atoms with E-state index in [0.717, 1.165) is 17.7 Å². The molecule has 230 valence electrons. The number of carbonyl (C=O) groups excluding carboxylic acids is 2. The fourth-order valence-corrected chi connectivity index (χ4v) is 6.52. The van der Waals surface area contributed by atoms with E-state index in [1.54, 1.807) is 12.3 Å². The highest BCUT2D eigenvalue weighted by Gasteiger charge is 2.72. The number of amides is 3. The van der Waals surface area contributed by atoms with E-state index in [4.69, 9.17) is 9.37 Å². The van der Waals surface area contributed by atoms with Crippen molar-refractivity contribution in [3.8, 4) is 0 Å². The molecule has 17 heteroatoms. The minimum absolute atomic E-state index is 0.0496. The third-order valence-corrected chi connectivity index (χ3v) is 9.03. The summed E-state index contributed by atoms with van der Waals surface area (Å²) in [5.74, 6) is -5.01. The quantitative estimate of drug-likeness (QED) is 0.352. The van der Waals surface area contributed by atoms with Crippen molar-refractivity contribution >= 4 is 17.6 Å². The number of alkyl halides is 5. The van der Waals surface area contributed by atoms with Gasteiger partial charge in [0.2, 0.25) is 0 Å². The van der Waals surface area contributed by atoms with E-state index in [1.807, 2.05) is 5.32 Å². The first-order valence-electron chi connectivity index (χ1n) is 13.9. The molecule has 5 atom stereocenters. The fraction of sp³-hybridized carbons (Fsp3) is 0.615. The first-order chi connectivity index (χ1) is 20.5. The molecule has 4 aliphatic rings. The Balaban J connectivity index is 1.18. The molecule has 3 aliphatic carbocycles. The van der Waals surface area contributed by atoms with Crippen molar-refractivity contribution in [1.29, 1.82) is 0 Å². The van der Waals surface area contributed by atoms with Crippen LogP contribution in [0.5, 0.6) is 0 Å². The molecule has 43 heavy (non-hydrogen) atoms. The van der Waals surface area contributed by atoms with Crippen molar-refractivity contribution in [2.24, 2.45) is 17.8 Å². The van der Waals surface area contributed by atoms with Crippen molar-refractivity contribution in [3.63, 3.8) is 0 Å². The van der Waals surface area contributed by atoms with E-state index in [0.29, 0.717) is 17.0 Å². The Hall–Kier alpha value is -3.89. The van der Waals surface area contributed by atoms with Gasteiger partial charge < -0.3 is 20.3 Å². The molecule has 3 aromatic heterocycles. The smallest absolute Gasteiger partial charge is 0.382 e. The van der Waals surface area contributed by atoms with Crippen LogP contribution in [-0.2, 0) is 4.74 Å². The molecule has 3 aromatic rings. The first kappa shape index (κ1) is 27.9. The van der Waals surface area contributed by atoms with Gasteiger partial charge >= 0.3 is 12.2 Å². The molecule has 3 saturated carbocycles. The van der Waals surface area contributed by atoms with Gasteiger partial charge in [-0.25, -0.2) is 27.7 Å². The number of nitrogens with one attached hydrogen (secondary N) is 2. The Morgan fingerprint density at radius 1 is 1.26 bits per heavy atom. The van der Waals surface area contributed by atoms with Gasteiger partial charge in [-0.15, -0.1) is 0 Å². The van der Waals surface area contributed by atoms with Crippen LogP contribution in [0.25, 0.3) is 5.65 Å². The first-order valence-corrected chi connectivity index (χ1v) is 13.9. The van der Waals surface area contributed by atoms with Crippen LogP contribution >= 0.6 is 0 Å². The van der Waals surface area contributed by atoms with Crippen LogP contribution in [0.4, 0.5) is 26.7 Å². The summed E-state index contributed by atoms with van der Waals surface area (Å²) >= 11 is 0. The second kappa shape index (κ2) is 9.82. The van der Waals surface area contributed by atoms with Crippen molar-refractivity contribution in [2.75, 3.05) is 20.3 Å². The minimum Gasteiger partial charge on any atom is -0.382 e. The number of urea groups is 1. The summed E-state index contributed by atoms with van der Waals surface area (Å²) in [6.07, 6.45) is 0.470. The number of rotatable bonds is 9. The van der Waals surface area contributed by atoms with Crippen LogP contribution in [0.1, 0.15) is 71.1 Å². The molecule has 0 radical (unpaired) electrons. The molecule has 1 aliphatic heterocycles. The molecule has 0 aromatic carbocycles. The number of fused-ring (bicyclic) bond motifs is 2. The van der Waals surface area contributed by atoms with Gasteiger partial charge in [0.25, 0.3) is 11.8 Å². The number of nitrogens with zero attached hydrogens (tertiary/aromatic N) is 6. The molecule has 0 bridgehead atoms. The lowest BCUT2D eigenvalue weighted by atomic mass is 9.91. The number of ether oxygens (including phenoxy) is 1. The van der Waals surface area contributed by atoms with Crippen LogP contribution in [-0.4, -0.2) is 80.2 Å². The minimum atomic E-state index is -4.62. The fourth-order valence-electron chi connectivity index (χ4n) is 6.52. The Morgan fingerprint density at radius 2 is 2.00 bits per heavy atom. The maximum Gasteiger partial charge on any atom is 0.410 e. The van der Waals surface area contributed by atoms with Gasteiger partial charge in [-0.1, -0.05) is 5.16 Å². The zero-order valence-electron chi connectivity index (χ0n) is 22.7. The van der Waals surface area contributed by atoms with Gasteiger partial charge in [0.1, 0.15) is 11.7 Å². The van der Waals surface area contributed by atoms with Crippen LogP contribution in [0.3, 0.4) is 0 Å². The van der Waals surface area contributed by atoms with Crippen molar-refractivity contribution < 1.29 is 40.9 Å². The number of halogens is 5. The lowest BCUT2D eigenvalue weighted by molar-refractivity contribution is -0.150. The number of aromatic nitrogens is 5. The summed E-state index contributed by atoms with van der Waals surface area (Å²) in [5, 5.41) is 16.9. The summed E-state index contributed by atoms with van der Waals surface area (Å²) in [6.45, 7) is -0.708. The monoisotopic (exact) mass is 610 g/mol. The van der Waals surface area contributed by atoms with Gasteiger partial charge in [0, 0.05) is 30.4 Å². The average Bonchev–Trinajstić information content (AvgIpc) is 3.48. The highest BCUT2D eigenvalue weighted by atomic mass is 19.4. The molecule has 12 nitrogen and oxygen atoms in total. The number of hydrogen-bond acceptors (Lipinski definition) is 8. The van der Waals surface area contributed by atoms with Crippen LogP contribution in [0.15, 0.2) is 23.1 Å². The standard InChI is InChI=1S/C26H27F5N8O4/c1-42-10-17(38-9-18(26(29,30)31)34-24(38)41)13-6-19-33-16(8-39(19)32-7-13)20(12-4-14-15(5-12)25(14,27)28)35-23(40)22-21(11-2-3-11)36-43-37-22/h6-8,11-12,14-15,17-18,20H,2-5,9-10H2,1H3,(H,34,41)(H,35,40)/t12?,14?,15?,17-,18+,20?/m1/s1. The Bertz CT molecular complexity index is 1560. The third-order valence-electron chi connectivity index (χ3n) is 9.03. The van der Waals surface area contributed by atoms with Gasteiger partial charge in [0.05, 0.1) is 43.3 Å². The second-order valence-corrected chi connectivity index (χ2v) is 11.8. The average molecular weight is 611 g/mol. The van der Waals surface area contributed by atoms with Crippen molar-refractivity contribution in [3.05, 3.63) is 41.1 Å². The number of carbonyl (C=O) groups is 2. The van der Waals surface area contributed by atoms with Gasteiger partial charge in [0.15, 0.2) is 11.3 Å². The van der Waals surface area contributed by atoms with E-state index >= 15 is 0 Å². The van der Waals surface area contributed by atoms with Crippen molar-refractivity contribution in [1.82, 2.24) is 40.4 Å². The third kappa shape index (κ3) is 4.86. The molecular weight excluding hydrogens is 583 g/mol. The molecule has 1 saturated heterocycles. The molecule has 3 amide bonds. The maximum absolute atomic E-state index is 14.1. The largest absolute Gasteiger partial charge is 0.410 e. The molecular formula is C26H27F5N8O4. The lowest BCUT2D eigenvalue weighted by Gasteiger charge is -2.26. The van der Waals surface area contributed by atoms with Crippen LogP contribution in [0.2, 0.25) is 0 Å². The SMILES string of the molecule is COC[C@H](c1cnn2cc(C(NC(=O)c3nonc3C3CC3)C3CC4C(C3)C4(F)F)nc2c1)N1C[C@@H](C(F)(F)F)NC1=O. The number of hydrogen-bond donors (Lipinski definition) is 2. The maximum atomic E-state index is 14.1. The second-order valence-electron chi connectivity index (χ2n) is 11.8. The van der Waals surface area contributed by atoms with E-state index in [9.17, 15) is 31.5 Å². The Morgan fingerprint density at radius 3 is 2.65 bits per heavy atom. The number of methoxy groups -OCH3 is 1. The zero-order valence-corrected chi connectivity index (χ0v) is 22.7. The highest BCUT2D eigenvalue weighted by Crippen LogP contribution is 2.67. The summed E-state index contributed by atoms with van der Waals surface area (Å²) in [7, 11) is 1.36. The van der Waals surface area contributed by atoms with Gasteiger partial charge in [-0.05, 0) is 42.8 Å². The molecule has 0 spiro atoms. The summed E-state index contributed by atoms with van der Waals surface area (Å²) in [4.78, 5) is 31.5. The summed E-state index contributed by atoms with van der Waals surface area (Å²) in [5.41, 5.74) is 1.55. The van der Waals surface area contributed by atoms with E-state index in [1.165, 1.54) is 17.8 Å². The van der Waals surface area contributed by atoms with Crippen molar-refractivity contribution in [2.45, 2.75) is 61.8 Å². The highest BCUT2D eigenvalue weighted by molar-refractivity contribution is 5.93. The zero-order chi connectivity index (χ0) is 30.3. The van der Waals surface area contributed by atoms with Gasteiger partial charge in [-0.3, -0.25) is 4.79 Å². The van der Waals surface area contributed by atoms with Crippen LogP contribution in [0, 0.1) is 17.8 Å². The Kier molecular flexibility index (Phi) is 6.37. The van der Waals surface area contributed by atoms with E-state index in [2.05, 4.69) is 25.7 Å². The lowest BCUT2D eigenvalue weighted by Crippen LogP contribution is -2.40. The van der Waals surface area contributed by atoms with Crippen LogP contribution < -0.4 is 10.6 Å². The van der Waals surface area contributed by atoms with Gasteiger partial charge in [-0.2, -0.15) is 18.3 Å². The molecule has 7 rings (SSSR count). The molecule has 3 unspecified atom stereocenters. The van der Waals surface area contributed by atoms with E-state index < -0.39 is 60.5 Å². The molecule has 2 N–H and O–H groups in total. The molecule has 4 heterocycles. The normalized spacial score (nSPS) is 27.7. The van der Waals surface area contributed by atoms with E-state index in [-0.39, 0.29) is 42.6 Å². The topological polar surface area (TPSA) is 140 Å². The molecule has 4 fully saturated rings. The Labute approximate surface area is 240 Å². The summed E-state index contributed by atoms with van der Waals surface area (Å²) < 4.78 is 79.5. The number of imidazole rings is 1. The summed E-state index contributed by atoms with van der Waals surface area (Å²) in [6, 6.07) is -2.99. The predicted octanol–water partition coefficient (Wildman–Crippen LogP) is 3.40.